The SMILES string of the molecule is CC[C@@H](Sc1nnc(NC(=O)Nc2ccc(F)cc2)s1)C(=O)OC. The van der Waals surface area contributed by atoms with E-state index in [0.29, 0.717) is 16.4 Å². The molecule has 0 saturated carbocycles. The molecule has 0 bridgehead atoms. The van der Waals surface area contributed by atoms with Crippen LogP contribution in [-0.4, -0.2) is 34.6 Å². The summed E-state index contributed by atoms with van der Waals surface area (Å²) in [7, 11) is 1.33. The van der Waals surface area contributed by atoms with Crippen LogP contribution in [0.15, 0.2) is 28.6 Å². The summed E-state index contributed by atoms with van der Waals surface area (Å²) in [5.41, 5.74) is 0.449. The summed E-state index contributed by atoms with van der Waals surface area (Å²) in [5.74, 6) is -0.718. The lowest BCUT2D eigenvalue weighted by molar-refractivity contribution is -0.140. The van der Waals surface area contributed by atoms with Crippen LogP contribution in [0.3, 0.4) is 0 Å². The fourth-order valence-electron chi connectivity index (χ4n) is 1.65. The van der Waals surface area contributed by atoms with Crippen LogP contribution in [0.5, 0.6) is 0 Å². The summed E-state index contributed by atoms with van der Waals surface area (Å²) >= 11 is 2.38. The van der Waals surface area contributed by atoms with Gasteiger partial charge in [0, 0.05) is 5.69 Å². The first-order valence-corrected chi connectivity index (χ1v) is 8.63. The van der Waals surface area contributed by atoms with Crippen molar-refractivity contribution in [1.29, 1.82) is 0 Å². The molecule has 128 valence electrons. The third kappa shape index (κ3) is 5.17. The molecule has 0 aliphatic rings. The van der Waals surface area contributed by atoms with Gasteiger partial charge in [0.15, 0.2) is 4.34 Å². The molecule has 0 aliphatic carbocycles. The number of carbonyl (C=O) groups is 2. The van der Waals surface area contributed by atoms with Gasteiger partial charge in [0.1, 0.15) is 11.1 Å². The van der Waals surface area contributed by atoms with Crippen molar-refractivity contribution in [1.82, 2.24) is 10.2 Å². The Morgan fingerprint density at radius 3 is 2.62 bits per heavy atom. The lowest BCUT2D eigenvalue weighted by atomic mass is 10.3. The maximum atomic E-state index is 12.8. The molecule has 1 heterocycles. The molecule has 0 radical (unpaired) electrons. The summed E-state index contributed by atoms with van der Waals surface area (Å²) in [6.07, 6.45) is 0.588. The Labute approximate surface area is 146 Å². The fraction of sp³-hybridized carbons (Fsp3) is 0.286. The number of anilines is 2. The number of hydrogen-bond acceptors (Lipinski definition) is 7. The molecule has 10 heteroatoms. The lowest BCUT2D eigenvalue weighted by Gasteiger charge is -2.08. The zero-order valence-electron chi connectivity index (χ0n) is 12.9. The first kappa shape index (κ1) is 18.1. The van der Waals surface area contributed by atoms with Crippen molar-refractivity contribution >= 4 is 45.9 Å². The molecule has 2 N–H and O–H groups in total. The zero-order valence-corrected chi connectivity index (χ0v) is 14.5. The maximum Gasteiger partial charge on any atom is 0.325 e. The van der Waals surface area contributed by atoms with Crippen molar-refractivity contribution in [2.24, 2.45) is 0 Å². The van der Waals surface area contributed by atoms with E-state index >= 15 is 0 Å². The molecule has 24 heavy (non-hydrogen) atoms. The highest BCUT2D eigenvalue weighted by Crippen LogP contribution is 2.30. The Morgan fingerprint density at radius 1 is 1.29 bits per heavy atom. The summed E-state index contributed by atoms with van der Waals surface area (Å²) in [4.78, 5) is 23.4. The van der Waals surface area contributed by atoms with E-state index < -0.39 is 6.03 Å². The Bertz CT molecular complexity index is 708. The monoisotopic (exact) mass is 370 g/mol. The van der Waals surface area contributed by atoms with Crippen LogP contribution in [0.2, 0.25) is 0 Å². The van der Waals surface area contributed by atoms with Crippen LogP contribution in [0.4, 0.5) is 20.0 Å². The normalized spacial score (nSPS) is 11.6. The minimum atomic E-state index is -0.519. The minimum absolute atomic E-state index is 0.289. The second-order valence-corrected chi connectivity index (χ2v) is 6.92. The predicted molar refractivity (Wildman–Crippen MR) is 90.9 cm³/mol. The number of amides is 2. The molecule has 0 fully saturated rings. The lowest BCUT2D eigenvalue weighted by Crippen LogP contribution is -2.19. The number of benzene rings is 1. The van der Waals surface area contributed by atoms with Crippen LogP contribution in [0.25, 0.3) is 0 Å². The average molecular weight is 370 g/mol. The van der Waals surface area contributed by atoms with Crippen molar-refractivity contribution in [3.8, 4) is 0 Å². The molecule has 0 aliphatic heterocycles. The van der Waals surface area contributed by atoms with E-state index in [1.54, 1.807) is 0 Å². The summed E-state index contributed by atoms with van der Waals surface area (Å²) in [5, 5.41) is 12.8. The van der Waals surface area contributed by atoms with E-state index in [1.165, 1.54) is 43.1 Å². The third-order valence-corrected chi connectivity index (χ3v) is 5.07. The van der Waals surface area contributed by atoms with Gasteiger partial charge < -0.3 is 10.1 Å². The van der Waals surface area contributed by atoms with E-state index in [-0.39, 0.29) is 22.2 Å². The number of carbonyl (C=O) groups excluding carboxylic acids is 2. The Morgan fingerprint density at radius 2 is 2.00 bits per heavy atom. The largest absolute Gasteiger partial charge is 0.468 e. The van der Waals surface area contributed by atoms with Gasteiger partial charge in [-0.1, -0.05) is 30.0 Å². The quantitative estimate of drug-likeness (QED) is 0.460. The first-order valence-electron chi connectivity index (χ1n) is 6.93. The highest BCUT2D eigenvalue weighted by atomic mass is 32.2. The molecule has 2 aromatic rings. The zero-order chi connectivity index (χ0) is 17.5. The number of urea groups is 1. The fourth-order valence-corrected chi connectivity index (χ4v) is 3.59. The molecular weight excluding hydrogens is 355 g/mol. The van der Waals surface area contributed by atoms with Crippen LogP contribution >= 0.6 is 23.1 Å². The number of rotatable bonds is 6. The smallest absolute Gasteiger partial charge is 0.325 e. The van der Waals surface area contributed by atoms with Crippen LogP contribution in [0.1, 0.15) is 13.3 Å². The first-order chi connectivity index (χ1) is 11.5. The Balaban J connectivity index is 1.91. The number of ether oxygens (including phenoxy) is 1. The van der Waals surface area contributed by atoms with Crippen molar-refractivity contribution in [3.05, 3.63) is 30.1 Å². The van der Waals surface area contributed by atoms with Crippen LogP contribution < -0.4 is 10.6 Å². The van der Waals surface area contributed by atoms with Gasteiger partial charge in [0.05, 0.1) is 7.11 Å². The summed E-state index contributed by atoms with van der Waals surface area (Å²) in [6, 6.07) is 4.85. The highest BCUT2D eigenvalue weighted by Gasteiger charge is 2.21. The molecule has 2 amide bonds. The number of aromatic nitrogens is 2. The molecule has 1 atom stereocenters. The molecule has 0 unspecified atom stereocenters. The number of nitrogens with one attached hydrogen (secondary N) is 2. The highest BCUT2D eigenvalue weighted by molar-refractivity contribution is 8.02. The van der Waals surface area contributed by atoms with Gasteiger partial charge in [-0.2, -0.15) is 0 Å². The molecule has 7 nitrogen and oxygen atoms in total. The van der Waals surface area contributed by atoms with Crippen molar-refractivity contribution < 1.29 is 18.7 Å². The van der Waals surface area contributed by atoms with Gasteiger partial charge in [0.2, 0.25) is 5.13 Å². The second kappa shape index (κ2) is 8.60. The molecule has 2 rings (SSSR count). The van der Waals surface area contributed by atoms with Gasteiger partial charge in [-0.3, -0.25) is 10.1 Å². The summed E-state index contributed by atoms with van der Waals surface area (Å²) < 4.78 is 18.1. The van der Waals surface area contributed by atoms with E-state index in [2.05, 4.69) is 20.8 Å². The minimum Gasteiger partial charge on any atom is -0.468 e. The van der Waals surface area contributed by atoms with Gasteiger partial charge in [-0.25, -0.2) is 9.18 Å². The van der Waals surface area contributed by atoms with E-state index in [1.807, 2.05) is 6.92 Å². The number of hydrogen-bond donors (Lipinski definition) is 2. The Kier molecular flexibility index (Phi) is 6.50. The predicted octanol–water partition coefficient (Wildman–Crippen LogP) is 3.36. The topological polar surface area (TPSA) is 93.2 Å². The van der Waals surface area contributed by atoms with Crippen molar-refractivity contribution in [2.75, 3.05) is 17.7 Å². The number of methoxy groups -OCH3 is 1. The standard InChI is InChI=1S/C14H15FN4O3S2/c1-3-10(11(20)22-2)23-14-19-18-13(24-14)17-12(21)16-9-6-4-8(15)5-7-9/h4-7,10H,3H2,1-2H3,(H2,16,17,18,21)/t10-/m1/s1. The van der Waals surface area contributed by atoms with Crippen LogP contribution in [0, 0.1) is 5.82 Å². The molecule has 1 aromatic carbocycles. The van der Waals surface area contributed by atoms with Gasteiger partial charge in [0.25, 0.3) is 0 Å². The molecule has 1 aromatic heterocycles. The van der Waals surface area contributed by atoms with Gasteiger partial charge in [-0.15, -0.1) is 10.2 Å². The van der Waals surface area contributed by atoms with Crippen molar-refractivity contribution in [2.45, 2.75) is 22.9 Å². The third-order valence-electron chi connectivity index (χ3n) is 2.81. The van der Waals surface area contributed by atoms with Gasteiger partial charge in [-0.05, 0) is 30.7 Å². The number of halogens is 1. The molecule has 0 spiro atoms. The molecule has 0 saturated heterocycles. The van der Waals surface area contributed by atoms with E-state index in [0.717, 1.165) is 11.3 Å². The van der Waals surface area contributed by atoms with E-state index in [4.69, 9.17) is 4.74 Å². The van der Waals surface area contributed by atoms with Crippen LogP contribution in [-0.2, 0) is 9.53 Å². The number of thioether (sulfide) groups is 1. The average Bonchev–Trinajstić information content (AvgIpc) is 3.01. The number of esters is 1. The summed E-state index contributed by atoms with van der Waals surface area (Å²) in [6.45, 7) is 1.87. The Hall–Kier alpha value is -2.20. The second-order valence-electron chi connectivity index (χ2n) is 4.50. The maximum absolute atomic E-state index is 12.8. The number of nitrogens with zero attached hydrogens (tertiary/aromatic N) is 2. The van der Waals surface area contributed by atoms with E-state index in [9.17, 15) is 14.0 Å². The van der Waals surface area contributed by atoms with Gasteiger partial charge >= 0.3 is 12.0 Å². The molecular formula is C14H15FN4O3S2. The van der Waals surface area contributed by atoms with Crippen molar-refractivity contribution in [3.63, 3.8) is 0 Å².